The van der Waals surface area contributed by atoms with Crippen LogP contribution in [0.25, 0.3) is 10.8 Å². The molecule has 0 atom stereocenters. The molecule has 0 saturated heterocycles. The molecule has 0 aliphatic heterocycles. The largest absolute Gasteiger partial charge is 0.506 e. The van der Waals surface area contributed by atoms with Crippen molar-refractivity contribution in [2.24, 2.45) is 0 Å². The van der Waals surface area contributed by atoms with E-state index in [1.807, 2.05) is 36.4 Å². The summed E-state index contributed by atoms with van der Waals surface area (Å²) in [7, 11) is 0. The van der Waals surface area contributed by atoms with E-state index >= 15 is 0 Å². The van der Waals surface area contributed by atoms with E-state index in [0.717, 1.165) is 15.8 Å². The summed E-state index contributed by atoms with van der Waals surface area (Å²) in [5.74, 6) is -1.36. The van der Waals surface area contributed by atoms with Crippen LogP contribution >= 0.6 is 23.5 Å². The van der Waals surface area contributed by atoms with Crippen LogP contribution in [0.2, 0.25) is 5.02 Å². The van der Waals surface area contributed by atoms with Crippen molar-refractivity contribution in [1.82, 2.24) is 4.72 Å². The number of fused-ring (bicyclic) bond motifs is 1. The van der Waals surface area contributed by atoms with Crippen LogP contribution in [0.4, 0.5) is 0 Å². The minimum Gasteiger partial charge on any atom is -0.506 e. The fourth-order valence-electron chi connectivity index (χ4n) is 2.37. The molecule has 0 aliphatic carbocycles. The number of nitrogens with one attached hydrogen (secondary N) is 1. The van der Waals surface area contributed by atoms with Crippen LogP contribution in [-0.4, -0.2) is 16.2 Å². The molecule has 6 heteroatoms. The minimum atomic E-state index is -1.15. The number of phenols is 1. The van der Waals surface area contributed by atoms with E-state index in [-0.39, 0.29) is 11.3 Å². The second-order valence-corrected chi connectivity index (χ2v) is 6.54. The van der Waals surface area contributed by atoms with Crippen molar-refractivity contribution < 1.29 is 15.0 Å². The van der Waals surface area contributed by atoms with Crippen molar-refractivity contribution in [3.05, 3.63) is 70.7 Å². The van der Waals surface area contributed by atoms with Gasteiger partial charge in [0.05, 0.1) is 0 Å². The highest BCUT2D eigenvalue weighted by atomic mass is 35.5. The van der Waals surface area contributed by atoms with Crippen LogP contribution in [0.5, 0.6) is 5.75 Å². The van der Waals surface area contributed by atoms with Gasteiger partial charge < -0.3 is 10.2 Å². The third-order valence-corrected chi connectivity index (χ3v) is 4.68. The van der Waals surface area contributed by atoms with E-state index in [1.54, 1.807) is 12.1 Å². The van der Waals surface area contributed by atoms with Crippen LogP contribution in [0, 0.1) is 0 Å². The molecule has 24 heavy (non-hydrogen) atoms. The summed E-state index contributed by atoms with van der Waals surface area (Å²) in [5.41, 5.74) is 0.956. The molecule has 0 unspecified atom stereocenters. The SMILES string of the molecule is O=C(O)c1cc(SNCc2ccc(Cl)cc2)c2ccccc2c1O. The smallest absolute Gasteiger partial charge is 0.339 e. The van der Waals surface area contributed by atoms with Crippen LogP contribution in [0.15, 0.2) is 59.5 Å². The Morgan fingerprint density at radius 2 is 1.75 bits per heavy atom. The minimum absolute atomic E-state index is 0.107. The highest BCUT2D eigenvalue weighted by Gasteiger charge is 2.16. The van der Waals surface area contributed by atoms with Gasteiger partial charge in [0.15, 0.2) is 0 Å². The molecule has 3 aromatic rings. The van der Waals surface area contributed by atoms with Gasteiger partial charge in [-0.25, -0.2) is 4.79 Å². The lowest BCUT2D eigenvalue weighted by molar-refractivity contribution is 0.0694. The molecule has 0 heterocycles. The average Bonchev–Trinajstić information content (AvgIpc) is 2.58. The number of aromatic carboxylic acids is 1. The summed E-state index contributed by atoms with van der Waals surface area (Å²) < 4.78 is 3.21. The number of halogens is 1. The molecular weight excluding hydrogens is 346 g/mol. The molecule has 0 bridgehead atoms. The third-order valence-electron chi connectivity index (χ3n) is 3.58. The zero-order valence-corrected chi connectivity index (χ0v) is 14.1. The van der Waals surface area contributed by atoms with Crippen LogP contribution < -0.4 is 4.72 Å². The monoisotopic (exact) mass is 359 g/mol. The summed E-state index contributed by atoms with van der Waals surface area (Å²) in [6.45, 7) is 0.597. The molecule has 3 N–H and O–H groups in total. The van der Waals surface area contributed by atoms with E-state index in [4.69, 9.17) is 11.6 Å². The van der Waals surface area contributed by atoms with Gasteiger partial charge in [-0.1, -0.05) is 48.0 Å². The quantitative estimate of drug-likeness (QED) is 0.576. The summed E-state index contributed by atoms with van der Waals surface area (Å²) >= 11 is 7.20. The average molecular weight is 360 g/mol. The lowest BCUT2D eigenvalue weighted by atomic mass is 10.1. The molecular formula is C18H14ClNO3S. The fraction of sp³-hybridized carbons (Fsp3) is 0.0556. The molecule has 0 fully saturated rings. The summed E-state index contributed by atoms with van der Waals surface area (Å²) in [6, 6.07) is 16.2. The molecule has 0 aliphatic rings. The van der Waals surface area contributed by atoms with Crippen LogP contribution in [-0.2, 0) is 6.54 Å². The molecule has 0 aromatic heterocycles. The molecule has 3 aromatic carbocycles. The highest BCUT2D eigenvalue weighted by molar-refractivity contribution is 7.97. The Balaban J connectivity index is 1.87. The van der Waals surface area contributed by atoms with Crippen molar-refractivity contribution >= 4 is 40.3 Å². The molecule has 4 nitrogen and oxygen atoms in total. The maximum Gasteiger partial charge on any atom is 0.339 e. The first-order chi connectivity index (χ1) is 11.6. The Kier molecular flexibility index (Phi) is 4.94. The predicted molar refractivity (Wildman–Crippen MR) is 96.7 cm³/mol. The van der Waals surface area contributed by atoms with E-state index in [0.29, 0.717) is 17.0 Å². The first-order valence-electron chi connectivity index (χ1n) is 7.18. The first-order valence-corrected chi connectivity index (χ1v) is 8.38. The Morgan fingerprint density at radius 3 is 2.42 bits per heavy atom. The number of aromatic hydroxyl groups is 1. The van der Waals surface area contributed by atoms with Crippen molar-refractivity contribution in [2.45, 2.75) is 11.4 Å². The maximum absolute atomic E-state index is 11.3. The molecule has 0 saturated carbocycles. The van der Waals surface area contributed by atoms with E-state index in [9.17, 15) is 15.0 Å². The van der Waals surface area contributed by atoms with Crippen LogP contribution in [0.1, 0.15) is 15.9 Å². The molecule has 0 spiro atoms. The van der Waals surface area contributed by atoms with E-state index in [1.165, 1.54) is 18.0 Å². The van der Waals surface area contributed by atoms with E-state index in [2.05, 4.69) is 4.72 Å². The first kappa shape index (κ1) is 16.6. The Bertz CT molecular complexity index is 897. The van der Waals surface area contributed by atoms with Gasteiger partial charge in [0.2, 0.25) is 0 Å². The number of hydrogen-bond donors (Lipinski definition) is 3. The lowest BCUT2D eigenvalue weighted by Crippen LogP contribution is -2.04. The van der Waals surface area contributed by atoms with Gasteiger partial charge in [-0.3, -0.25) is 4.72 Å². The van der Waals surface area contributed by atoms with Gasteiger partial charge in [0.25, 0.3) is 0 Å². The number of hydrogen-bond acceptors (Lipinski definition) is 4. The second kappa shape index (κ2) is 7.13. The topological polar surface area (TPSA) is 69.6 Å². The number of rotatable bonds is 5. The molecule has 0 radical (unpaired) electrons. The summed E-state index contributed by atoms with van der Waals surface area (Å²) in [4.78, 5) is 12.1. The highest BCUT2D eigenvalue weighted by Crippen LogP contribution is 2.35. The summed E-state index contributed by atoms with van der Waals surface area (Å²) in [6.07, 6.45) is 0. The number of benzene rings is 3. The normalized spacial score (nSPS) is 10.9. The van der Waals surface area contributed by atoms with E-state index < -0.39 is 5.97 Å². The molecule has 122 valence electrons. The Hall–Kier alpha value is -2.21. The van der Waals surface area contributed by atoms with Gasteiger partial charge in [0, 0.05) is 27.2 Å². The maximum atomic E-state index is 11.3. The van der Waals surface area contributed by atoms with Gasteiger partial charge in [0.1, 0.15) is 11.3 Å². The van der Waals surface area contributed by atoms with Gasteiger partial charge in [-0.2, -0.15) is 0 Å². The second-order valence-electron chi connectivity index (χ2n) is 5.17. The third kappa shape index (κ3) is 3.48. The van der Waals surface area contributed by atoms with Crippen molar-refractivity contribution in [1.29, 1.82) is 0 Å². The van der Waals surface area contributed by atoms with Gasteiger partial charge in [-0.05, 0) is 35.7 Å². The predicted octanol–water partition coefficient (Wildman–Crippen LogP) is 4.69. The summed E-state index contributed by atoms with van der Waals surface area (Å²) in [5, 5.41) is 21.4. The van der Waals surface area contributed by atoms with Crippen LogP contribution in [0.3, 0.4) is 0 Å². The zero-order valence-electron chi connectivity index (χ0n) is 12.5. The zero-order chi connectivity index (χ0) is 17.1. The number of carboxylic acid groups (broad SMARTS) is 1. The Morgan fingerprint density at radius 1 is 1.08 bits per heavy atom. The molecule has 0 amide bonds. The van der Waals surface area contributed by atoms with Crippen molar-refractivity contribution in [3.8, 4) is 5.75 Å². The number of carbonyl (C=O) groups is 1. The molecule has 3 rings (SSSR count). The Labute approximate surface area is 148 Å². The fourth-order valence-corrected chi connectivity index (χ4v) is 3.36. The van der Waals surface area contributed by atoms with Crippen molar-refractivity contribution in [2.75, 3.05) is 0 Å². The number of carboxylic acids is 1. The lowest BCUT2D eigenvalue weighted by Gasteiger charge is -2.11. The standard InChI is InChI=1S/C18H14ClNO3S/c19-12-7-5-11(6-8-12)10-20-24-16-9-15(18(22)23)17(21)14-4-2-1-3-13(14)16/h1-9,20-21H,10H2,(H,22,23). The van der Waals surface area contributed by atoms with Crippen molar-refractivity contribution in [3.63, 3.8) is 0 Å². The van der Waals surface area contributed by atoms with Gasteiger partial charge >= 0.3 is 5.97 Å². The van der Waals surface area contributed by atoms with Gasteiger partial charge in [-0.15, -0.1) is 0 Å².